The van der Waals surface area contributed by atoms with Gasteiger partial charge in [0.25, 0.3) is 20.6 Å². The van der Waals surface area contributed by atoms with E-state index in [4.69, 9.17) is 5.84 Å². The average Bonchev–Trinajstić information content (AvgIpc) is 2.20. The van der Waals surface area contributed by atoms with Crippen LogP contribution in [0.3, 0.4) is 0 Å². The molecule has 0 bridgehead atoms. The SMILES string of the molecule is Cn1nc(S(=O)(=O)NN)c(=O)n(C)c1=O. The molecule has 0 aliphatic carbocycles. The van der Waals surface area contributed by atoms with Crippen molar-refractivity contribution in [2.75, 3.05) is 0 Å². The van der Waals surface area contributed by atoms with E-state index in [-0.39, 0.29) is 0 Å². The maximum atomic E-state index is 11.4. The Hall–Kier alpha value is -1.52. The van der Waals surface area contributed by atoms with Crippen molar-refractivity contribution in [3.8, 4) is 0 Å². The van der Waals surface area contributed by atoms with Crippen molar-refractivity contribution in [2.45, 2.75) is 5.03 Å². The quantitative estimate of drug-likeness (QED) is 0.406. The maximum Gasteiger partial charge on any atom is 0.346 e. The van der Waals surface area contributed by atoms with Crippen LogP contribution in [0.4, 0.5) is 0 Å². The molecular weight excluding hydrogens is 226 g/mol. The number of hydrogen-bond donors (Lipinski definition) is 2. The normalized spacial score (nSPS) is 11.7. The predicted molar refractivity (Wildman–Crippen MR) is 49.2 cm³/mol. The van der Waals surface area contributed by atoms with Crippen molar-refractivity contribution in [3.63, 3.8) is 0 Å². The summed E-state index contributed by atoms with van der Waals surface area (Å²) in [4.78, 5) is 24.0. The van der Waals surface area contributed by atoms with Gasteiger partial charge in [0, 0.05) is 14.1 Å². The van der Waals surface area contributed by atoms with Gasteiger partial charge in [-0.2, -0.15) is 0 Å². The number of nitrogens with zero attached hydrogens (tertiary/aromatic N) is 3. The van der Waals surface area contributed by atoms with Crippen molar-refractivity contribution in [3.05, 3.63) is 20.8 Å². The average molecular weight is 235 g/mol. The minimum absolute atomic E-state index is 0.622. The molecule has 0 saturated heterocycles. The summed E-state index contributed by atoms with van der Waals surface area (Å²) in [5.41, 5.74) is -1.76. The predicted octanol–water partition coefficient (Wildman–Crippen LogP) is -3.37. The Morgan fingerprint density at radius 3 is 2.33 bits per heavy atom. The standard InChI is InChI=1S/C5H9N5O4S/c1-9-4(11)3(15(13,14)8-6)7-10(2)5(9)12/h8H,6H2,1-2H3. The number of sulfonamides is 1. The molecule has 1 aromatic heterocycles. The Morgan fingerprint density at radius 1 is 1.33 bits per heavy atom. The summed E-state index contributed by atoms with van der Waals surface area (Å²) in [5, 5.41) is 2.49. The monoisotopic (exact) mass is 235 g/mol. The van der Waals surface area contributed by atoms with Gasteiger partial charge in [0.2, 0.25) is 0 Å². The summed E-state index contributed by atoms with van der Waals surface area (Å²) in [5.74, 6) is 4.73. The molecule has 0 saturated carbocycles. The van der Waals surface area contributed by atoms with E-state index < -0.39 is 26.3 Å². The van der Waals surface area contributed by atoms with Crippen molar-refractivity contribution in [2.24, 2.45) is 19.9 Å². The first-order chi connectivity index (χ1) is 6.81. The minimum Gasteiger partial charge on any atom is -0.266 e. The highest BCUT2D eigenvalue weighted by molar-refractivity contribution is 7.89. The Balaban J connectivity index is 3.77. The van der Waals surface area contributed by atoms with Crippen LogP contribution in [0.1, 0.15) is 0 Å². The summed E-state index contributed by atoms with van der Waals surface area (Å²) in [6, 6.07) is 0. The Kier molecular flexibility index (Phi) is 2.75. The number of hydrogen-bond acceptors (Lipinski definition) is 6. The Labute approximate surface area is 84.2 Å². The smallest absolute Gasteiger partial charge is 0.266 e. The van der Waals surface area contributed by atoms with E-state index in [1.54, 1.807) is 0 Å². The van der Waals surface area contributed by atoms with E-state index in [2.05, 4.69) is 5.10 Å². The highest BCUT2D eigenvalue weighted by Gasteiger charge is 2.21. The summed E-state index contributed by atoms with van der Waals surface area (Å²) in [6.45, 7) is 0. The first kappa shape index (κ1) is 11.6. The van der Waals surface area contributed by atoms with Crippen LogP contribution in [0, 0.1) is 0 Å². The molecule has 15 heavy (non-hydrogen) atoms. The van der Waals surface area contributed by atoms with Gasteiger partial charge < -0.3 is 0 Å². The molecule has 1 rings (SSSR count). The second-order valence-corrected chi connectivity index (χ2v) is 4.33. The van der Waals surface area contributed by atoms with Crippen LogP contribution in [-0.4, -0.2) is 22.8 Å². The lowest BCUT2D eigenvalue weighted by atomic mass is 10.8. The van der Waals surface area contributed by atoms with Crippen LogP contribution in [-0.2, 0) is 24.1 Å². The zero-order chi connectivity index (χ0) is 11.8. The molecule has 0 atom stereocenters. The molecule has 0 unspecified atom stereocenters. The van der Waals surface area contributed by atoms with Crippen LogP contribution in [0.15, 0.2) is 14.6 Å². The van der Waals surface area contributed by atoms with Gasteiger partial charge in [0.05, 0.1) is 0 Å². The van der Waals surface area contributed by atoms with Crippen LogP contribution < -0.4 is 21.9 Å². The first-order valence-corrected chi connectivity index (χ1v) is 5.16. The van der Waals surface area contributed by atoms with Gasteiger partial charge in [-0.15, -0.1) is 9.93 Å². The third kappa shape index (κ3) is 1.82. The molecule has 0 radical (unpaired) electrons. The van der Waals surface area contributed by atoms with Gasteiger partial charge in [-0.25, -0.2) is 17.9 Å². The first-order valence-electron chi connectivity index (χ1n) is 3.68. The number of rotatable bonds is 2. The summed E-state index contributed by atoms with van der Waals surface area (Å²) in [7, 11) is -1.81. The second-order valence-electron chi connectivity index (χ2n) is 2.70. The minimum atomic E-state index is -4.17. The lowest BCUT2D eigenvalue weighted by molar-refractivity contribution is 0.529. The van der Waals surface area contributed by atoms with Gasteiger partial charge in [-0.3, -0.25) is 15.2 Å². The Bertz CT molecular complexity index is 597. The van der Waals surface area contributed by atoms with Crippen molar-refractivity contribution in [1.82, 2.24) is 19.2 Å². The zero-order valence-electron chi connectivity index (χ0n) is 7.96. The fraction of sp³-hybridized carbons (Fsp3) is 0.400. The van der Waals surface area contributed by atoms with Gasteiger partial charge in [-0.1, -0.05) is 0 Å². The summed E-state index contributed by atoms with van der Waals surface area (Å²) >= 11 is 0. The Morgan fingerprint density at radius 2 is 1.87 bits per heavy atom. The number of aromatic nitrogens is 3. The highest BCUT2D eigenvalue weighted by atomic mass is 32.2. The lowest BCUT2D eigenvalue weighted by Crippen LogP contribution is -2.44. The molecule has 0 spiro atoms. The molecule has 1 heterocycles. The van der Waals surface area contributed by atoms with Gasteiger partial charge >= 0.3 is 5.69 Å². The van der Waals surface area contributed by atoms with Gasteiger partial charge in [-0.05, 0) is 0 Å². The number of nitrogens with one attached hydrogen (secondary N) is 1. The van der Waals surface area contributed by atoms with E-state index in [0.717, 1.165) is 11.7 Å². The molecule has 1 aromatic rings. The molecular formula is C5H9N5O4S. The van der Waals surface area contributed by atoms with Crippen LogP contribution in [0.2, 0.25) is 0 Å². The molecule has 10 heteroatoms. The fourth-order valence-electron chi connectivity index (χ4n) is 0.894. The summed E-state index contributed by atoms with van der Waals surface area (Å²) < 4.78 is 23.8. The van der Waals surface area contributed by atoms with Crippen molar-refractivity contribution < 1.29 is 8.42 Å². The van der Waals surface area contributed by atoms with Crippen LogP contribution >= 0.6 is 0 Å². The van der Waals surface area contributed by atoms with Crippen molar-refractivity contribution >= 4 is 10.0 Å². The molecule has 0 aliphatic heterocycles. The number of aryl methyl sites for hydroxylation is 1. The summed E-state index contributed by atoms with van der Waals surface area (Å²) in [6.07, 6.45) is 0. The fourth-order valence-corrected chi connectivity index (χ4v) is 1.60. The highest BCUT2D eigenvalue weighted by Crippen LogP contribution is 1.92. The second kappa shape index (κ2) is 3.56. The van der Waals surface area contributed by atoms with E-state index in [1.165, 1.54) is 11.9 Å². The third-order valence-corrected chi connectivity index (χ3v) is 2.78. The van der Waals surface area contributed by atoms with Gasteiger partial charge in [0.1, 0.15) is 0 Å². The number of nitrogens with two attached hydrogens (primary N) is 1. The maximum absolute atomic E-state index is 11.4. The van der Waals surface area contributed by atoms with E-state index in [9.17, 15) is 18.0 Å². The van der Waals surface area contributed by atoms with E-state index >= 15 is 0 Å². The topological polar surface area (TPSA) is 129 Å². The van der Waals surface area contributed by atoms with E-state index in [0.29, 0.717) is 4.57 Å². The van der Waals surface area contributed by atoms with Gasteiger partial charge in [0.15, 0.2) is 0 Å². The molecule has 0 amide bonds. The molecule has 0 aromatic carbocycles. The molecule has 9 nitrogen and oxygen atoms in total. The molecule has 84 valence electrons. The van der Waals surface area contributed by atoms with Crippen molar-refractivity contribution in [1.29, 1.82) is 0 Å². The molecule has 3 N–H and O–H groups in total. The zero-order valence-corrected chi connectivity index (χ0v) is 8.78. The van der Waals surface area contributed by atoms with E-state index in [1.807, 2.05) is 0 Å². The largest absolute Gasteiger partial charge is 0.346 e. The number of hydrazine groups is 1. The lowest BCUT2D eigenvalue weighted by Gasteiger charge is -2.04. The van der Waals surface area contributed by atoms with Crippen LogP contribution in [0.25, 0.3) is 0 Å². The van der Waals surface area contributed by atoms with Crippen LogP contribution in [0.5, 0.6) is 0 Å². The molecule has 0 aliphatic rings. The third-order valence-electron chi connectivity index (χ3n) is 1.70. The molecule has 0 fully saturated rings.